The zero-order valence-corrected chi connectivity index (χ0v) is 14.4. The molecule has 0 radical (unpaired) electrons. The van der Waals surface area contributed by atoms with E-state index in [1.807, 2.05) is 31.4 Å². The van der Waals surface area contributed by atoms with Crippen molar-refractivity contribution in [1.82, 2.24) is 15.1 Å². The third kappa shape index (κ3) is 3.63. The molecule has 1 N–H and O–H groups in total. The maximum absolute atomic E-state index is 12.6. The van der Waals surface area contributed by atoms with Crippen LogP contribution in [0.3, 0.4) is 0 Å². The van der Waals surface area contributed by atoms with E-state index in [0.29, 0.717) is 18.7 Å². The summed E-state index contributed by atoms with van der Waals surface area (Å²) in [5, 5.41) is 7.09. The number of carbonyl (C=O) groups excluding carboxylic acids is 2. The highest BCUT2D eigenvalue weighted by atomic mass is 16.2. The second-order valence-corrected chi connectivity index (χ2v) is 6.13. The quantitative estimate of drug-likeness (QED) is 0.846. The minimum Gasteiger partial charge on any atom is -0.352 e. The van der Waals surface area contributed by atoms with E-state index in [1.165, 1.54) is 6.08 Å². The number of rotatable bonds is 5. The van der Waals surface area contributed by atoms with Crippen LogP contribution in [0.15, 0.2) is 43.2 Å². The molecule has 25 heavy (non-hydrogen) atoms. The van der Waals surface area contributed by atoms with Crippen molar-refractivity contribution in [3.8, 4) is 0 Å². The summed E-state index contributed by atoms with van der Waals surface area (Å²) in [6.07, 6.45) is 7.42. The van der Waals surface area contributed by atoms with Gasteiger partial charge in [0.15, 0.2) is 0 Å². The van der Waals surface area contributed by atoms with Gasteiger partial charge in [-0.25, -0.2) is 0 Å². The number of anilines is 1. The normalized spacial score (nSPS) is 13.2. The lowest BCUT2D eigenvalue weighted by Gasteiger charge is -2.29. The van der Waals surface area contributed by atoms with Crippen LogP contribution in [-0.2, 0) is 24.7 Å². The van der Waals surface area contributed by atoms with E-state index in [2.05, 4.69) is 17.0 Å². The maximum Gasteiger partial charge on any atom is 0.251 e. The molecule has 1 aliphatic rings. The molecule has 1 aromatic heterocycles. The van der Waals surface area contributed by atoms with Crippen molar-refractivity contribution < 1.29 is 9.59 Å². The fourth-order valence-corrected chi connectivity index (χ4v) is 3.19. The molecule has 0 spiro atoms. The van der Waals surface area contributed by atoms with Crippen molar-refractivity contribution >= 4 is 17.5 Å². The van der Waals surface area contributed by atoms with Gasteiger partial charge in [-0.2, -0.15) is 5.10 Å². The second kappa shape index (κ2) is 7.34. The first-order valence-corrected chi connectivity index (χ1v) is 8.41. The largest absolute Gasteiger partial charge is 0.352 e. The molecule has 2 amide bonds. The van der Waals surface area contributed by atoms with Crippen molar-refractivity contribution in [2.45, 2.75) is 19.3 Å². The van der Waals surface area contributed by atoms with Crippen LogP contribution in [0.5, 0.6) is 0 Å². The highest BCUT2D eigenvalue weighted by Crippen LogP contribution is 2.30. The van der Waals surface area contributed by atoms with Crippen LogP contribution in [0.4, 0.5) is 5.69 Å². The molecular weight excluding hydrogens is 316 g/mol. The van der Waals surface area contributed by atoms with Crippen LogP contribution in [0.2, 0.25) is 0 Å². The predicted molar refractivity (Wildman–Crippen MR) is 96.6 cm³/mol. The number of nitrogens with zero attached hydrogens (tertiary/aromatic N) is 3. The standard InChI is InChI=1S/C19H22N4O2/c1-3-18(24)23-11-5-7-15-16(6-4-8-17(15)23)19(25)20-10-9-14-12-21-22(2)13-14/h3-4,6,8,12-13H,1,5,7,9-11H2,2H3,(H,20,25). The van der Waals surface area contributed by atoms with E-state index >= 15 is 0 Å². The number of fused-ring (bicyclic) bond motifs is 1. The Morgan fingerprint density at radius 1 is 1.40 bits per heavy atom. The van der Waals surface area contributed by atoms with Gasteiger partial charge in [-0.15, -0.1) is 0 Å². The van der Waals surface area contributed by atoms with E-state index in [0.717, 1.165) is 36.1 Å². The van der Waals surface area contributed by atoms with Gasteiger partial charge in [0, 0.05) is 37.6 Å². The Morgan fingerprint density at radius 2 is 2.24 bits per heavy atom. The van der Waals surface area contributed by atoms with Gasteiger partial charge >= 0.3 is 0 Å². The molecule has 0 fully saturated rings. The molecule has 2 heterocycles. The Kier molecular flexibility index (Phi) is 4.97. The maximum atomic E-state index is 12.6. The number of hydrogen-bond acceptors (Lipinski definition) is 3. The third-order valence-corrected chi connectivity index (χ3v) is 4.39. The smallest absolute Gasteiger partial charge is 0.251 e. The Bertz CT molecular complexity index is 810. The summed E-state index contributed by atoms with van der Waals surface area (Å²) in [5.41, 5.74) is 3.48. The Morgan fingerprint density at radius 3 is 2.96 bits per heavy atom. The van der Waals surface area contributed by atoms with Gasteiger partial charge in [0.05, 0.1) is 6.20 Å². The molecule has 1 aromatic carbocycles. The predicted octanol–water partition coefficient (Wildman–Crippen LogP) is 1.86. The summed E-state index contributed by atoms with van der Waals surface area (Å²) in [6.45, 7) is 4.76. The summed E-state index contributed by atoms with van der Waals surface area (Å²) in [4.78, 5) is 26.3. The Balaban J connectivity index is 1.72. The number of aryl methyl sites for hydroxylation is 1. The molecule has 0 bridgehead atoms. The van der Waals surface area contributed by atoms with Gasteiger partial charge < -0.3 is 10.2 Å². The SMILES string of the molecule is C=CC(=O)N1CCCc2c(C(=O)NCCc3cnn(C)c3)cccc21. The van der Waals surface area contributed by atoms with Crippen LogP contribution in [-0.4, -0.2) is 34.7 Å². The van der Waals surface area contributed by atoms with Crippen LogP contribution in [0.25, 0.3) is 0 Å². The number of nitrogens with one attached hydrogen (secondary N) is 1. The van der Waals surface area contributed by atoms with E-state index in [-0.39, 0.29) is 11.8 Å². The summed E-state index contributed by atoms with van der Waals surface area (Å²) in [7, 11) is 1.87. The number of hydrogen-bond donors (Lipinski definition) is 1. The zero-order chi connectivity index (χ0) is 17.8. The van der Waals surface area contributed by atoms with Gasteiger partial charge in [0.25, 0.3) is 5.91 Å². The third-order valence-electron chi connectivity index (χ3n) is 4.39. The molecule has 6 nitrogen and oxygen atoms in total. The molecule has 0 saturated heterocycles. The van der Waals surface area contributed by atoms with Gasteiger partial charge in [0.2, 0.25) is 5.91 Å². The average molecular weight is 338 g/mol. The second-order valence-electron chi connectivity index (χ2n) is 6.13. The first-order chi connectivity index (χ1) is 12.1. The first-order valence-electron chi connectivity index (χ1n) is 8.41. The molecule has 0 aliphatic carbocycles. The molecule has 0 atom stereocenters. The molecule has 0 unspecified atom stereocenters. The summed E-state index contributed by atoms with van der Waals surface area (Å²) in [6, 6.07) is 5.53. The fraction of sp³-hybridized carbons (Fsp3) is 0.316. The molecule has 6 heteroatoms. The van der Waals surface area contributed by atoms with Gasteiger partial charge in [-0.05, 0) is 48.6 Å². The molecule has 0 saturated carbocycles. The number of benzene rings is 1. The lowest BCUT2D eigenvalue weighted by Crippen LogP contribution is -2.35. The van der Waals surface area contributed by atoms with E-state index in [9.17, 15) is 9.59 Å². The van der Waals surface area contributed by atoms with Crippen molar-refractivity contribution in [2.75, 3.05) is 18.0 Å². The lowest BCUT2D eigenvalue weighted by atomic mass is 9.95. The summed E-state index contributed by atoms with van der Waals surface area (Å²) < 4.78 is 1.75. The van der Waals surface area contributed by atoms with E-state index in [1.54, 1.807) is 15.8 Å². The average Bonchev–Trinajstić information content (AvgIpc) is 3.05. The first kappa shape index (κ1) is 17.0. The zero-order valence-electron chi connectivity index (χ0n) is 14.4. The summed E-state index contributed by atoms with van der Waals surface area (Å²) in [5.74, 6) is -0.233. The van der Waals surface area contributed by atoms with Crippen LogP contribution >= 0.6 is 0 Å². The minimum absolute atomic E-state index is 0.103. The molecule has 3 rings (SSSR count). The van der Waals surface area contributed by atoms with Crippen LogP contribution < -0.4 is 10.2 Å². The number of aromatic nitrogens is 2. The lowest BCUT2D eigenvalue weighted by molar-refractivity contribution is -0.114. The molecule has 2 aromatic rings. The highest BCUT2D eigenvalue weighted by molar-refractivity contribution is 6.04. The van der Waals surface area contributed by atoms with E-state index < -0.39 is 0 Å². The summed E-state index contributed by atoms with van der Waals surface area (Å²) >= 11 is 0. The van der Waals surface area contributed by atoms with Gasteiger partial charge in [-0.1, -0.05) is 12.6 Å². The topological polar surface area (TPSA) is 67.2 Å². The fourth-order valence-electron chi connectivity index (χ4n) is 3.19. The Labute approximate surface area is 147 Å². The van der Waals surface area contributed by atoms with Crippen molar-refractivity contribution in [1.29, 1.82) is 0 Å². The molecule has 1 aliphatic heterocycles. The van der Waals surface area contributed by atoms with Crippen LogP contribution in [0.1, 0.15) is 27.9 Å². The van der Waals surface area contributed by atoms with Gasteiger partial charge in [0.1, 0.15) is 0 Å². The van der Waals surface area contributed by atoms with Gasteiger partial charge in [-0.3, -0.25) is 14.3 Å². The van der Waals surface area contributed by atoms with Crippen molar-refractivity contribution in [3.05, 3.63) is 59.9 Å². The highest BCUT2D eigenvalue weighted by Gasteiger charge is 2.24. The minimum atomic E-state index is -0.130. The monoisotopic (exact) mass is 338 g/mol. The molecule has 130 valence electrons. The van der Waals surface area contributed by atoms with Crippen molar-refractivity contribution in [3.63, 3.8) is 0 Å². The number of amides is 2. The molecular formula is C19H22N4O2. The Hall–Kier alpha value is -2.89. The van der Waals surface area contributed by atoms with E-state index in [4.69, 9.17) is 0 Å². The van der Waals surface area contributed by atoms with Crippen LogP contribution in [0, 0.1) is 0 Å². The number of carbonyl (C=O) groups is 2. The van der Waals surface area contributed by atoms with Crippen molar-refractivity contribution in [2.24, 2.45) is 7.05 Å².